The average Bonchev–Trinajstić information content (AvgIpc) is 3.05. The predicted molar refractivity (Wildman–Crippen MR) is 120 cm³/mol. The van der Waals surface area contributed by atoms with E-state index >= 15 is 0 Å². The molecule has 0 radical (unpaired) electrons. The van der Waals surface area contributed by atoms with E-state index in [1.165, 1.54) is 23.9 Å². The molecule has 0 aromatic carbocycles. The van der Waals surface area contributed by atoms with E-state index in [1.54, 1.807) is 20.0 Å². The number of nitrogen functional groups attached to an aromatic ring is 2. The van der Waals surface area contributed by atoms with Crippen LogP contribution in [0.4, 0.5) is 22.0 Å². The Morgan fingerprint density at radius 3 is 2.73 bits per heavy atom. The van der Waals surface area contributed by atoms with Gasteiger partial charge in [0.05, 0.1) is 24.5 Å². The third kappa shape index (κ3) is 3.90. The first-order valence-corrected chi connectivity index (χ1v) is 9.96. The van der Waals surface area contributed by atoms with Gasteiger partial charge in [0.25, 0.3) is 0 Å². The van der Waals surface area contributed by atoms with Crippen LogP contribution in [0.25, 0.3) is 16.9 Å². The third-order valence-electron chi connectivity index (χ3n) is 4.90. The molecule has 0 amide bonds. The fraction of sp³-hybridized carbons (Fsp3) is 0.200. The van der Waals surface area contributed by atoms with E-state index in [1.807, 2.05) is 6.07 Å². The normalized spacial score (nSPS) is 11.9. The third-order valence-corrected chi connectivity index (χ3v) is 5.34. The zero-order valence-electron chi connectivity index (χ0n) is 17.8. The number of aryl methyl sites for hydroxylation is 1. The molecule has 4 heterocycles. The lowest BCUT2D eigenvalue weighted by molar-refractivity contribution is 0.369. The second-order valence-corrected chi connectivity index (χ2v) is 7.47. The Labute approximate surface area is 192 Å². The summed E-state index contributed by atoms with van der Waals surface area (Å²) in [6.07, 6.45) is 3.14. The molecule has 0 aliphatic carbocycles. The van der Waals surface area contributed by atoms with Crippen molar-refractivity contribution in [3.63, 3.8) is 0 Å². The lowest BCUT2D eigenvalue weighted by atomic mass is 10.0. The van der Waals surface area contributed by atoms with E-state index in [4.69, 9.17) is 27.8 Å². The minimum Gasteiger partial charge on any atom is -0.479 e. The number of anilines is 3. The quantitative estimate of drug-likeness (QED) is 0.396. The van der Waals surface area contributed by atoms with Crippen LogP contribution < -0.4 is 21.5 Å². The van der Waals surface area contributed by atoms with Crippen molar-refractivity contribution >= 4 is 34.8 Å². The number of nitrogens with zero attached hydrogens (tertiary/aromatic N) is 7. The van der Waals surface area contributed by atoms with Crippen molar-refractivity contribution in [3.05, 3.63) is 46.1 Å². The van der Waals surface area contributed by atoms with Gasteiger partial charge in [-0.3, -0.25) is 0 Å². The molecule has 13 heteroatoms. The van der Waals surface area contributed by atoms with Gasteiger partial charge in [-0.05, 0) is 19.9 Å². The summed E-state index contributed by atoms with van der Waals surface area (Å²) < 4.78 is 20.9. The number of aromatic nitrogens is 6. The molecule has 1 atom stereocenters. The molecule has 0 aliphatic heterocycles. The molecule has 4 aromatic heterocycles. The molecule has 11 nitrogen and oxygen atoms in total. The van der Waals surface area contributed by atoms with Gasteiger partial charge in [0, 0.05) is 23.5 Å². The smallest absolute Gasteiger partial charge is 0.250 e. The molecule has 33 heavy (non-hydrogen) atoms. The van der Waals surface area contributed by atoms with Crippen LogP contribution in [0.5, 0.6) is 5.88 Å². The van der Waals surface area contributed by atoms with Crippen molar-refractivity contribution in [2.24, 2.45) is 0 Å². The Kier molecular flexibility index (Phi) is 5.57. The van der Waals surface area contributed by atoms with Crippen LogP contribution in [0.3, 0.4) is 0 Å². The van der Waals surface area contributed by atoms with Crippen LogP contribution >= 0.6 is 11.6 Å². The maximum atomic E-state index is 14.4. The number of nitrogens with two attached hydrogens (primary N) is 2. The van der Waals surface area contributed by atoms with Crippen LogP contribution in [-0.4, -0.2) is 36.7 Å². The first-order valence-electron chi connectivity index (χ1n) is 9.58. The summed E-state index contributed by atoms with van der Waals surface area (Å²) in [6.45, 7) is 3.55. The van der Waals surface area contributed by atoms with E-state index < -0.39 is 11.9 Å². The van der Waals surface area contributed by atoms with E-state index in [2.05, 4.69) is 30.4 Å². The lowest BCUT2D eigenvalue weighted by Crippen LogP contribution is -2.15. The van der Waals surface area contributed by atoms with E-state index in [0.717, 1.165) is 0 Å². The Morgan fingerprint density at radius 1 is 1.30 bits per heavy atom. The Morgan fingerprint density at radius 2 is 2.06 bits per heavy atom. The number of pyridine rings is 1. The monoisotopic (exact) mass is 468 g/mol. The zero-order chi connectivity index (χ0) is 23.9. The SMILES string of the molecule is COc1ncc(-c2nc3c(Cl)c(C)nn3cc2[C@H](C)Nc2nc(N)nc(N)c2C#N)cc1F. The molecule has 0 unspecified atom stereocenters. The van der Waals surface area contributed by atoms with Crippen LogP contribution in [0.15, 0.2) is 18.5 Å². The van der Waals surface area contributed by atoms with Gasteiger partial charge >= 0.3 is 0 Å². The predicted octanol–water partition coefficient (Wildman–Crippen LogP) is 2.90. The van der Waals surface area contributed by atoms with Crippen LogP contribution in [0.2, 0.25) is 5.02 Å². The number of hydrogen-bond acceptors (Lipinski definition) is 10. The minimum absolute atomic E-state index is 0.0433. The number of rotatable bonds is 5. The summed E-state index contributed by atoms with van der Waals surface area (Å²) in [4.78, 5) is 16.5. The van der Waals surface area contributed by atoms with Gasteiger partial charge < -0.3 is 21.5 Å². The molecule has 4 rings (SSSR count). The van der Waals surface area contributed by atoms with E-state index in [9.17, 15) is 9.65 Å². The fourth-order valence-corrected chi connectivity index (χ4v) is 3.48. The highest BCUT2D eigenvalue weighted by Gasteiger charge is 2.22. The van der Waals surface area contributed by atoms with E-state index in [0.29, 0.717) is 33.2 Å². The molecule has 0 aliphatic rings. The number of fused-ring (bicyclic) bond motifs is 1. The highest BCUT2D eigenvalue weighted by molar-refractivity contribution is 6.34. The van der Waals surface area contributed by atoms with Gasteiger partial charge in [-0.15, -0.1) is 0 Å². The summed E-state index contributed by atoms with van der Waals surface area (Å²) in [5.41, 5.74) is 13.9. The highest BCUT2D eigenvalue weighted by Crippen LogP contribution is 2.33. The largest absolute Gasteiger partial charge is 0.479 e. The van der Waals surface area contributed by atoms with Crippen molar-refractivity contribution < 1.29 is 9.13 Å². The molecular weight excluding hydrogens is 451 g/mol. The summed E-state index contributed by atoms with van der Waals surface area (Å²) >= 11 is 6.36. The number of methoxy groups -OCH3 is 1. The first-order chi connectivity index (χ1) is 15.7. The molecule has 0 fully saturated rings. The first kappa shape index (κ1) is 22.0. The Balaban J connectivity index is 1.88. The van der Waals surface area contributed by atoms with Gasteiger partial charge in [-0.25, -0.2) is 18.9 Å². The molecular formula is C20H18ClFN10O. The maximum absolute atomic E-state index is 14.4. The Hall–Kier alpha value is -4.24. The summed E-state index contributed by atoms with van der Waals surface area (Å²) in [7, 11) is 1.33. The second kappa shape index (κ2) is 8.36. The van der Waals surface area contributed by atoms with Crippen LogP contribution in [0, 0.1) is 24.1 Å². The van der Waals surface area contributed by atoms with Crippen LogP contribution in [0.1, 0.15) is 29.8 Å². The van der Waals surface area contributed by atoms with Crippen molar-refractivity contribution in [3.8, 4) is 23.2 Å². The van der Waals surface area contributed by atoms with Gasteiger partial charge in [0.2, 0.25) is 11.8 Å². The number of halogens is 2. The number of ether oxygens (including phenoxy) is 1. The maximum Gasteiger partial charge on any atom is 0.250 e. The molecule has 0 saturated carbocycles. The standard InChI is InChI=1S/C20H18ClFN10O/c1-8(27-17-11(5-23)16(24)29-20(25)30-17)12-7-32-18(14(21)9(2)31-32)28-15(12)10-4-13(22)19(33-3)26-6-10/h4,6-8H,1-3H3,(H5,24,25,27,29,30)/t8-/m0/s1. The molecule has 5 N–H and O–H groups in total. The summed E-state index contributed by atoms with van der Waals surface area (Å²) in [5, 5.41) is 17.3. The minimum atomic E-state index is -0.651. The van der Waals surface area contributed by atoms with Crippen molar-refractivity contribution in [1.29, 1.82) is 5.26 Å². The lowest BCUT2D eigenvalue weighted by Gasteiger charge is -2.19. The molecule has 0 spiro atoms. The molecule has 0 saturated heterocycles. The van der Waals surface area contributed by atoms with Gasteiger partial charge in [-0.1, -0.05) is 11.6 Å². The van der Waals surface area contributed by atoms with Gasteiger partial charge in [0.15, 0.2) is 17.3 Å². The molecule has 4 aromatic rings. The molecule has 168 valence electrons. The molecule has 0 bridgehead atoms. The van der Waals surface area contributed by atoms with Gasteiger partial charge in [-0.2, -0.15) is 20.3 Å². The van der Waals surface area contributed by atoms with Crippen LogP contribution in [-0.2, 0) is 0 Å². The second-order valence-electron chi connectivity index (χ2n) is 7.10. The topological polar surface area (TPSA) is 166 Å². The van der Waals surface area contributed by atoms with Crippen molar-refractivity contribution in [2.45, 2.75) is 19.9 Å². The van der Waals surface area contributed by atoms with Crippen molar-refractivity contribution in [1.82, 2.24) is 29.5 Å². The fourth-order valence-electron chi connectivity index (χ4n) is 3.32. The Bertz CT molecular complexity index is 1430. The van der Waals surface area contributed by atoms with Gasteiger partial charge in [0.1, 0.15) is 22.5 Å². The number of hydrogen-bond donors (Lipinski definition) is 3. The number of nitrogens with one attached hydrogen (secondary N) is 1. The van der Waals surface area contributed by atoms with E-state index in [-0.39, 0.29) is 29.0 Å². The summed E-state index contributed by atoms with van der Waals surface area (Å²) in [6, 6.07) is 2.72. The zero-order valence-corrected chi connectivity index (χ0v) is 18.5. The average molecular weight is 469 g/mol. The summed E-state index contributed by atoms with van der Waals surface area (Å²) in [5.74, 6) is -0.788. The van der Waals surface area contributed by atoms with Crippen molar-refractivity contribution in [2.75, 3.05) is 23.9 Å². The highest BCUT2D eigenvalue weighted by atomic mass is 35.5. The number of nitriles is 1.